The summed E-state index contributed by atoms with van der Waals surface area (Å²) in [5.74, 6) is 0.770. The largest absolute Gasteiger partial charge is 0.489 e. The zero-order valence-electron chi connectivity index (χ0n) is 10.6. The number of halogens is 1. The molecule has 0 radical (unpaired) electrons. The number of para-hydroxylation sites is 1. The Kier molecular flexibility index (Phi) is 6.34. The van der Waals surface area contributed by atoms with Crippen molar-refractivity contribution >= 4 is 11.6 Å². The fourth-order valence-corrected chi connectivity index (χ4v) is 1.80. The molecule has 0 saturated carbocycles. The maximum absolute atomic E-state index is 6.16. The Morgan fingerprint density at radius 3 is 2.82 bits per heavy atom. The van der Waals surface area contributed by atoms with Gasteiger partial charge in [0.15, 0.2) is 0 Å². The Hall–Kier alpha value is -0.770. The summed E-state index contributed by atoms with van der Waals surface area (Å²) in [5.41, 5.74) is 1.07. The standard InChI is InChI=1S/C13H20ClNO2/c1-10(7-8-16-3)17-13-11(9-15-2)5-4-6-12(13)14/h4-6,10,15H,7-9H2,1-3H3. The molecule has 1 atom stereocenters. The van der Waals surface area contributed by atoms with Crippen LogP contribution in [0.2, 0.25) is 5.02 Å². The van der Waals surface area contributed by atoms with Gasteiger partial charge in [0.25, 0.3) is 0 Å². The van der Waals surface area contributed by atoms with E-state index < -0.39 is 0 Å². The van der Waals surface area contributed by atoms with E-state index in [4.69, 9.17) is 21.1 Å². The number of nitrogens with one attached hydrogen (secondary N) is 1. The third-order valence-corrected chi connectivity index (χ3v) is 2.76. The molecule has 0 aliphatic heterocycles. The maximum Gasteiger partial charge on any atom is 0.142 e. The summed E-state index contributed by atoms with van der Waals surface area (Å²) in [6, 6.07) is 5.79. The molecule has 1 aromatic carbocycles. The minimum atomic E-state index is 0.0884. The van der Waals surface area contributed by atoms with Gasteiger partial charge in [0, 0.05) is 32.2 Å². The molecule has 1 unspecified atom stereocenters. The zero-order valence-corrected chi connectivity index (χ0v) is 11.4. The molecule has 0 amide bonds. The first-order valence-electron chi connectivity index (χ1n) is 5.76. The Balaban J connectivity index is 2.73. The first-order chi connectivity index (χ1) is 8.19. The first-order valence-corrected chi connectivity index (χ1v) is 6.14. The van der Waals surface area contributed by atoms with Crippen molar-refractivity contribution in [2.24, 2.45) is 0 Å². The predicted octanol–water partition coefficient (Wildman–Crippen LogP) is 2.86. The quantitative estimate of drug-likeness (QED) is 0.815. The molecule has 0 aliphatic carbocycles. The summed E-state index contributed by atoms with van der Waals surface area (Å²) in [6.45, 7) is 3.45. The van der Waals surface area contributed by atoms with Crippen LogP contribution in [0.5, 0.6) is 5.75 Å². The highest BCUT2D eigenvalue weighted by Crippen LogP contribution is 2.29. The minimum Gasteiger partial charge on any atom is -0.489 e. The van der Waals surface area contributed by atoms with Crippen molar-refractivity contribution in [1.29, 1.82) is 0 Å². The second-order valence-electron chi connectivity index (χ2n) is 3.97. The van der Waals surface area contributed by atoms with E-state index in [1.165, 1.54) is 0 Å². The maximum atomic E-state index is 6.16. The summed E-state index contributed by atoms with van der Waals surface area (Å²) < 4.78 is 10.9. The molecule has 0 fully saturated rings. The second kappa shape index (κ2) is 7.54. The normalized spacial score (nSPS) is 12.5. The molecule has 96 valence electrons. The van der Waals surface area contributed by atoms with Crippen molar-refractivity contribution in [1.82, 2.24) is 5.32 Å². The van der Waals surface area contributed by atoms with Crippen molar-refractivity contribution in [2.45, 2.75) is 26.0 Å². The molecule has 3 nitrogen and oxygen atoms in total. The van der Waals surface area contributed by atoms with Gasteiger partial charge < -0.3 is 14.8 Å². The van der Waals surface area contributed by atoms with Gasteiger partial charge >= 0.3 is 0 Å². The lowest BCUT2D eigenvalue weighted by molar-refractivity contribution is 0.134. The highest BCUT2D eigenvalue weighted by Gasteiger charge is 2.11. The smallest absolute Gasteiger partial charge is 0.142 e. The lowest BCUT2D eigenvalue weighted by atomic mass is 10.2. The lowest BCUT2D eigenvalue weighted by Crippen LogP contribution is -2.16. The lowest BCUT2D eigenvalue weighted by Gasteiger charge is -2.18. The number of methoxy groups -OCH3 is 1. The van der Waals surface area contributed by atoms with Crippen LogP contribution >= 0.6 is 11.6 Å². The molecule has 0 heterocycles. The van der Waals surface area contributed by atoms with Crippen LogP contribution < -0.4 is 10.1 Å². The van der Waals surface area contributed by atoms with Crippen molar-refractivity contribution in [3.05, 3.63) is 28.8 Å². The molecule has 0 saturated heterocycles. The van der Waals surface area contributed by atoms with E-state index >= 15 is 0 Å². The van der Waals surface area contributed by atoms with Gasteiger partial charge in [-0.05, 0) is 20.0 Å². The van der Waals surface area contributed by atoms with Gasteiger partial charge in [-0.25, -0.2) is 0 Å². The predicted molar refractivity (Wildman–Crippen MR) is 70.8 cm³/mol. The SMILES string of the molecule is CNCc1cccc(Cl)c1OC(C)CCOC. The molecule has 1 aromatic rings. The Bertz CT molecular complexity index is 344. The van der Waals surface area contributed by atoms with Gasteiger partial charge in [-0.3, -0.25) is 0 Å². The van der Waals surface area contributed by atoms with Crippen molar-refractivity contribution in [2.75, 3.05) is 20.8 Å². The van der Waals surface area contributed by atoms with E-state index in [2.05, 4.69) is 5.32 Å². The van der Waals surface area contributed by atoms with Gasteiger partial charge in [-0.2, -0.15) is 0 Å². The van der Waals surface area contributed by atoms with E-state index in [9.17, 15) is 0 Å². The summed E-state index contributed by atoms with van der Waals surface area (Å²) >= 11 is 6.16. The van der Waals surface area contributed by atoms with Crippen molar-refractivity contribution in [3.63, 3.8) is 0 Å². The fourth-order valence-electron chi connectivity index (χ4n) is 1.56. The third-order valence-electron chi connectivity index (χ3n) is 2.46. The summed E-state index contributed by atoms with van der Waals surface area (Å²) in [7, 11) is 3.59. The monoisotopic (exact) mass is 257 g/mol. The van der Waals surface area contributed by atoms with Gasteiger partial charge in [-0.1, -0.05) is 23.7 Å². The average Bonchev–Trinajstić information content (AvgIpc) is 2.31. The van der Waals surface area contributed by atoms with Crippen LogP contribution in [0, 0.1) is 0 Å². The molecule has 0 spiro atoms. The summed E-state index contributed by atoms with van der Waals surface area (Å²) in [4.78, 5) is 0. The van der Waals surface area contributed by atoms with E-state index in [0.29, 0.717) is 11.6 Å². The topological polar surface area (TPSA) is 30.5 Å². The zero-order chi connectivity index (χ0) is 12.7. The number of rotatable bonds is 7. The van der Waals surface area contributed by atoms with E-state index in [1.807, 2.05) is 32.2 Å². The highest BCUT2D eigenvalue weighted by atomic mass is 35.5. The van der Waals surface area contributed by atoms with Crippen LogP contribution in [0.4, 0.5) is 0 Å². The van der Waals surface area contributed by atoms with E-state index in [1.54, 1.807) is 7.11 Å². The molecule has 17 heavy (non-hydrogen) atoms. The van der Waals surface area contributed by atoms with Gasteiger partial charge in [0.2, 0.25) is 0 Å². The van der Waals surface area contributed by atoms with E-state index in [-0.39, 0.29) is 6.10 Å². The minimum absolute atomic E-state index is 0.0884. The van der Waals surface area contributed by atoms with Crippen LogP contribution in [0.15, 0.2) is 18.2 Å². The summed E-state index contributed by atoms with van der Waals surface area (Å²) in [6.07, 6.45) is 0.936. The van der Waals surface area contributed by atoms with Crippen LogP contribution in [-0.4, -0.2) is 26.9 Å². The Labute approximate surface area is 108 Å². The van der Waals surface area contributed by atoms with Gasteiger partial charge in [-0.15, -0.1) is 0 Å². The highest BCUT2D eigenvalue weighted by molar-refractivity contribution is 6.32. The van der Waals surface area contributed by atoms with Crippen LogP contribution in [0.3, 0.4) is 0 Å². The van der Waals surface area contributed by atoms with Crippen LogP contribution in [0.1, 0.15) is 18.9 Å². The molecular formula is C13H20ClNO2. The van der Waals surface area contributed by atoms with Crippen LogP contribution in [-0.2, 0) is 11.3 Å². The molecule has 0 aliphatic rings. The fraction of sp³-hybridized carbons (Fsp3) is 0.538. The average molecular weight is 258 g/mol. The Morgan fingerprint density at radius 1 is 1.41 bits per heavy atom. The molecule has 4 heteroatoms. The first kappa shape index (κ1) is 14.3. The summed E-state index contributed by atoms with van der Waals surface area (Å²) in [5, 5.41) is 3.76. The number of hydrogen-bond acceptors (Lipinski definition) is 3. The third kappa shape index (κ3) is 4.54. The van der Waals surface area contributed by atoms with Gasteiger partial charge in [0.1, 0.15) is 5.75 Å². The molecule has 0 aromatic heterocycles. The molecule has 1 rings (SSSR count). The molecule has 1 N–H and O–H groups in total. The molecular weight excluding hydrogens is 238 g/mol. The molecule has 0 bridgehead atoms. The van der Waals surface area contributed by atoms with Gasteiger partial charge in [0.05, 0.1) is 11.1 Å². The number of benzene rings is 1. The number of hydrogen-bond donors (Lipinski definition) is 1. The van der Waals surface area contributed by atoms with Crippen molar-refractivity contribution < 1.29 is 9.47 Å². The van der Waals surface area contributed by atoms with Crippen LogP contribution in [0.25, 0.3) is 0 Å². The second-order valence-corrected chi connectivity index (χ2v) is 4.38. The van der Waals surface area contributed by atoms with Crippen molar-refractivity contribution in [3.8, 4) is 5.75 Å². The number of ether oxygens (including phenoxy) is 2. The van der Waals surface area contributed by atoms with E-state index in [0.717, 1.165) is 24.3 Å². The Morgan fingerprint density at radius 2 is 2.18 bits per heavy atom.